The van der Waals surface area contributed by atoms with Crippen molar-refractivity contribution < 1.29 is 9.53 Å². The van der Waals surface area contributed by atoms with Crippen LogP contribution in [-0.4, -0.2) is 19.1 Å². The van der Waals surface area contributed by atoms with Crippen LogP contribution in [0.3, 0.4) is 0 Å². The van der Waals surface area contributed by atoms with Crippen LogP contribution in [0.2, 0.25) is 0 Å². The zero-order chi connectivity index (χ0) is 15.2. The summed E-state index contributed by atoms with van der Waals surface area (Å²) in [6, 6.07) is 17.4. The molecule has 0 saturated carbocycles. The van der Waals surface area contributed by atoms with Crippen molar-refractivity contribution in [3.63, 3.8) is 0 Å². The first kappa shape index (κ1) is 15.3. The molecule has 3 nitrogen and oxygen atoms in total. The molecule has 0 aliphatic heterocycles. The molecule has 0 heterocycles. The molecule has 2 atom stereocenters. The molecule has 0 saturated heterocycles. The number of amides is 1. The molecule has 0 bridgehead atoms. The Morgan fingerprint density at radius 3 is 2.43 bits per heavy atom. The molecule has 0 aliphatic rings. The van der Waals surface area contributed by atoms with Crippen molar-refractivity contribution in [1.82, 2.24) is 5.32 Å². The summed E-state index contributed by atoms with van der Waals surface area (Å²) < 4.78 is 5.54. The van der Waals surface area contributed by atoms with Crippen molar-refractivity contribution in [3.8, 4) is 0 Å². The van der Waals surface area contributed by atoms with Gasteiger partial charge in [-0.15, -0.1) is 0 Å². The van der Waals surface area contributed by atoms with Gasteiger partial charge in [-0.3, -0.25) is 4.79 Å². The van der Waals surface area contributed by atoms with Crippen LogP contribution in [0.5, 0.6) is 0 Å². The van der Waals surface area contributed by atoms with Gasteiger partial charge in [-0.25, -0.2) is 0 Å². The van der Waals surface area contributed by atoms with Crippen LogP contribution in [0.1, 0.15) is 34.5 Å². The van der Waals surface area contributed by atoms with Crippen molar-refractivity contribution in [2.24, 2.45) is 0 Å². The predicted molar refractivity (Wildman–Crippen MR) is 84.3 cm³/mol. The van der Waals surface area contributed by atoms with E-state index in [0.717, 1.165) is 11.1 Å². The summed E-state index contributed by atoms with van der Waals surface area (Å²) in [5.41, 5.74) is 2.79. The Labute approximate surface area is 126 Å². The minimum atomic E-state index is -0.167. The maximum absolute atomic E-state index is 12.3. The number of aryl methyl sites for hydroxylation is 1. The molecule has 0 aliphatic carbocycles. The molecule has 2 aromatic carbocycles. The van der Waals surface area contributed by atoms with Crippen molar-refractivity contribution >= 4 is 5.91 Å². The van der Waals surface area contributed by atoms with Crippen molar-refractivity contribution in [2.75, 3.05) is 7.11 Å². The lowest BCUT2D eigenvalue weighted by Gasteiger charge is -2.24. The maximum Gasteiger partial charge on any atom is 0.251 e. The van der Waals surface area contributed by atoms with Crippen molar-refractivity contribution in [2.45, 2.75) is 26.0 Å². The number of rotatable bonds is 5. The van der Waals surface area contributed by atoms with Gasteiger partial charge in [-0.1, -0.05) is 48.0 Å². The zero-order valence-electron chi connectivity index (χ0n) is 12.7. The first-order chi connectivity index (χ1) is 10.1. The van der Waals surface area contributed by atoms with Crippen LogP contribution in [-0.2, 0) is 4.74 Å². The molecule has 0 radical (unpaired) electrons. The molecule has 2 rings (SSSR count). The van der Waals surface area contributed by atoms with Gasteiger partial charge >= 0.3 is 0 Å². The Morgan fingerprint density at radius 2 is 1.81 bits per heavy atom. The molecule has 110 valence electrons. The summed E-state index contributed by atoms with van der Waals surface area (Å²) in [5, 5.41) is 3.01. The van der Waals surface area contributed by atoms with Gasteiger partial charge in [0.1, 0.15) is 6.10 Å². The molecule has 2 unspecified atom stereocenters. The SMILES string of the molecule is COC(c1ccccc1)C(C)NC(=O)c1cccc(C)c1. The van der Waals surface area contributed by atoms with E-state index in [1.165, 1.54) is 0 Å². The summed E-state index contributed by atoms with van der Waals surface area (Å²) in [5.74, 6) is -0.0795. The van der Waals surface area contributed by atoms with Gasteiger partial charge in [0.05, 0.1) is 6.04 Å². The molecule has 3 heteroatoms. The fraction of sp³-hybridized carbons (Fsp3) is 0.278. The lowest BCUT2D eigenvalue weighted by atomic mass is 10.0. The zero-order valence-corrected chi connectivity index (χ0v) is 12.7. The van der Waals surface area contributed by atoms with Crippen molar-refractivity contribution in [3.05, 3.63) is 71.3 Å². The summed E-state index contributed by atoms with van der Waals surface area (Å²) in [6.07, 6.45) is -0.167. The number of hydrogen-bond acceptors (Lipinski definition) is 2. The number of nitrogens with one attached hydrogen (secondary N) is 1. The van der Waals surface area contributed by atoms with E-state index in [4.69, 9.17) is 4.74 Å². The number of hydrogen-bond donors (Lipinski definition) is 1. The average molecular weight is 283 g/mol. The molecule has 21 heavy (non-hydrogen) atoms. The van der Waals surface area contributed by atoms with E-state index < -0.39 is 0 Å². The van der Waals surface area contributed by atoms with Crippen LogP contribution >= 0.6 is 0 Å². The Balaban J connectivity index is 2.09. The monoisotopic (exact) mass is 283 g/mol. The highest BCUT2D eigenvalue weighted by Gasteiger charge is 2.21. The van der Waals surface area contributed by atoms with Gasteiger partial charge in [-0.05, 0) is 31.5 Å². The Hall–Kier alpha value is -2.13. The van der Waals surface area contributed by atoms with Gasteiger partial charge < -0.3 is 10.1 Å². The maximum atomic E-state index is 12.3. The standard InChI is InChI=1S/C18H21NO2/c1-13-8-7-11-16(12-13)18(20)19-14(2)17(21-3)15-9-5-4-6-10-15/h4-12,14,17H,1-3H3,(H,19,20). The van der Waals surface area contributed by atoms with Crippen LogP contribution < -0.4 is 5.32 Å². The van der Waals surface area contributed by atoms with Crippen LogP contribution in [0, 0.1) is 6.92 Å². The predicted octanol–water partition coefficient (Wildman–Crippen LogP) is 3.50. The summed E-state index contributed by atoms with van der Waals surface area (Å²) in [7, 11) is 1.66. The molecule has 0 fully saturated rings. The molecular weight excluding hydrogens is 262 g/mol. The van der Waals surface area contributed by atoms with Crippen molar-refractivity contribution in [1.29, 1.82) is 0 Å². The van der Waals surface area contributed by atoms with E-state index in [2.05, 4.69) is 5.32 Å². The normalized spacial score (nSPS) is 13.5. The van der Waals surface area contributed by atoms with E-state index in [-0.39, 0.29) is 18.1 Å². The van der Waals surface area contributed by atoms with Crippen LogP contribution in [0.4, 0.5) is 0 Å². The van der Waals surface area contributed by atoms with Gasteiger partial charge in [0.15, 0.2) is 0 Å². The van der Waals surface area contributed by atoms with Crippen LogP contribution in [0.15, 0.2) is 54.6 Å². The van der Waals surface area contributed by atoms with E-state index >= 15 is 0 Å². The van der Waals surface area contributed by atoms with Gasteiger partial charge in [0.25, 0.3) is 5.91 Å². The third-order valence-corrected chi connectivity index (χ3v) is 3.48. The largest absolute Gasteiger partial charge is 0.375 e. The van der Waals surface area contributed by atoms with Gasteiger partial charge in [-0.2, -0.15) is 0 Å². The fourth-order valence-electron chi connectivity index (χ4n) is 2.42. The topological polar surface area (TPSA) is 38.3 Å². The van der Waals surface area contributed by atoms with Crippen LogP contribution in [0.25, 0.3) is 0 Å². The van der Waals surface area contributed by atoms with E-state index in [1.54, 1.807) is 7.11 Å². The second-order valence-electron chi connectivity index (χ2n) is 5.20. The quantitative estimate of drug-likeness (QED) is 0.912. The third kappa shape index (κ3) is 3.92. The lowest BCUT2D eigenvalue weighted by molar-refractivity contribution is 0.0645. The van der Waals surface area contributed by atoms with Gasteiger partial charge in [0, 0.05) is 12.7 Å². The molecule has 1 amide bonds. The lowest BCUT2D eigenvalue weighted by Crippen LogP contribution is -2.37. The highest BCUT2D eigenvalue weighted by Crippen LogP contribution is 2.20. The van der Waals surface area contributed by atoms with Gasteiger partial charge in [0.2, 0.25) is 0 Å². The fourth-order valence-corrected chi connectivity index (χ4v) is 2.42. The highest BCUT2D eigenvalue weighted by molar-refractivity contribution is 5.94. The third-order valence-electron chi connectivity index (χ3n) is 3.48. The smallest absolute Gasteiger partial charge is 0.251 e. The van der Waals surface area contributed by atoms with E-state index in [9.17, 15) is 4.79 Å². The molecule has 2 aromatic rings. The molecule has 0 aromatic heterocycles. The number of carbonyl (C=O) groups is 1. The number of methoxy groups -OCH3 is 1. The second kappa shape index (κ2) is 7.04. The van der Waals surface area contributed by atoms with E-state index in [0.29, 0.717) is 5.56 Å². The Kier molecular flexibility index (Phi) is 5.12. The average Bonchev–Trinajstić information content (AvgIpc) is 2.49. The molecular formula is C18H21NO2. The minimum absolute atomic E-state index is 0.0795. The van der Waals surface area contributed by atoms with E-state index in [1.807, 2.05) is 68.4 Å². The first-order valence-corrected chi connectivity index (χ1v) is 7.07. The number of ether oxygens (including phenoxy) is 1. The number of carbonyl (C=O) groups excluding carboxylic acids is 1. The summed E-state index contributed by atoms with van der Waals surface area (Å²) >= 11 is 0. The molecule has 1 N–H and O–H groups in total. The molecule has 0 spiro atoms. The minimum Gasteiger partial charge on any atom is -0.375 e. The summed E-state index contributed by atoms with van der Waals surface area (Å²) in [4.78, 5) is 12.3. The summed E-state index contributed by atoms with van der Waals surface area (Å²) in [6.45, 7) is 3.93. The Morgan fingerprint density at radius 1 is 1.10 bits per heavy atom. The number of benzene rings is 2. The first-order valence-electron chi connectivity index (χ1n) is 7.07. The highest BCUT2D eigenvalue weighted by atomic mass is 16.5. The second-order valence-corrected chi connectivity index (χ2v) is 5.20. The Bertz CT molecular complexity index is 595.